The molecule has 0 fully saturated rings. The number of hydrogen-bond acceptors (Lipinski definition) is 5. The molecule has 0 saturated heterocycles. The fraction of sp³-hybridized carbons (Fsp3) is 0.417. The normalized spacial score (nSPS) is 13.8. The quantitative estimate of drug-likeness (QED) is 0.587. The maximum absolute atomic E-state index is 11.7. The number of aliphatic hydroxyl groups excluding tert-OH is 1. The Morgan fingerprint density at radius 1 is 1.50 bits per heavy atom. The van der Waals surface area contributed by atoms with Crippen molar-refractivity contribution in [3.8, 4) is 11.5 Å². The van der Waals surface area contributed by atoms with Crippen molar-refractivity contribution in [2.24, 2.45) is 0 Å². The monoisotopic (exact) mass is 255 g/mol. The first kappa shape index (κ1) is 14.3. The number of amides is 1. The number of aliphatic hydroxyl groups is 2. The molecule has 1 unspecified atom stereocenters. The summed E-state index contributed by atoms with van der Waals surface area (Å²) in [7, 11) is 1.45. The number of nitrogens with one attached hydrogen (secondary N) is 1. The third kappa shape index (κ3) is 3.61. The van der Waals surface area contributed by atoms with Gasteiger partial charge in [-0.05, 0) is 19.1 Å². The van der Waals surface area contributed by atoms with Crippen LogP contribution >= 0.6 is 0 Å². The number of carbonyl (C=O) groups excluding carboxylic acids is 1. The number of carbonyl (C=O) groups is 1. The zero-order valence-electron chi connectivity index (χ0n) is 10.3. The molecule has 1 aromatic carbocycles. The van der Waals surface area contributed by atoms with Crippen molar-refractivity contribution in [2.45, 2.75) is 12.5 Å². The molecule has 4 N–H and O–H groups in total. The molecule has 1 amide bonds. The van der Waals surface area contributed by atoms with Gasteiger partial charge in [-0.15, -0.1) is 0 Å². The molecule has 18 heavy (non-hydrogen) atoms. The highest BCUT2D eigenvalue weighted by atomic mass is 16.5. The van der Waals surface area contributed by atoms with Gasteiger partial charge < -0.3 is 25.4 Å². The van der Waals surface area contributed by atoms with E-state index in [1.807, 2.05) is 0 Å². The highest BCUT2D eigenvalue weighted by molar-refractivity contribution is 5.97. The van der Waals surface area contributed by atoms with E-state index in [1.165, 1.54) is 26.2 Å². The number of phenolic OH excluding ortho intramolecular Hbond substituents is 1. The molecule has 0 aromatic heterocycles. The highest BCUT2D eigenvalue weighted by Gasteiger charge is 2.21. The van der Waals surface area contributed by atoms with Crippen LogP contribution in [0.15, 0.2) is 18.2 Å². The van der Waals surface area contributed by atoms with Gasteiger partial charge in [0.25, 0.3) is 5.91 Å². The number of hydrogen-bond donors (Lipinski definition) is 4. The zero-order chi connectivity index (χ0) is 13.8. The van der Waals surface area contributed by atoms with Gasteiger partial charge in [0, 0.05) is 12.6 Å². The number of benzene rings is 1. The van der Waals surface area contributed by atoms with Crippen LogP contribution in [0.2, 0.25) is 0 Å². The molecule has 1 rings (SSSR count). The van der Waals surface area contributed by atoms with E-state index in [-0.39, 0.29) is 17.9 Å². The van der Waals surface area contributed by atoms with Crippen LogP contribution < -0.4 is 10.1 Å². The number of ether oxygens (including phenoxy) is 1. The zero-order valence-corrected chi connectivity index (χ0v) is 10.3. The van der Waals surface area contributed by atoms with Crippen molar-refractivity contribution in [1.29, 1.82) is 0 Å². The standard InChI is InChI=1S/C12H17NO5/c1-12(17,7-14)6-13-11(16)9-4-3-8(18-2)5-10(9)15/h3-5,14-15,17H,6-7H2,1-2H3,(H,13,16). The first-order valence-electron chi connectivity index (χ1n) is 5.38. The largest absolute Gasteiger partial charge is 0.507 e. The third-order valence-corrected chi connectivity index (χ3v) is 2.42. The van der Waals surface area contributed by atoms with Crippen molar-refractivity contribution in [3.63, 3.8) is 0 Å². The molecular formula is C12H17NO5. The van der Waals surface area contributed by atoms with Gasteiger partial charge in [0.05, 0.1) is 19.3 Å². The SMILES string of the molecule is COc1ccc(C(=O)NCC(C)(O)CO)c(O)c1. The predicted molar refractivity (Wildman–Crippen MR) is 64.7 cm³/mol. The maximum atomic E-state index is 11.7. The molecule has 0 spiro atoms. The van der Waals surface area contributed by atoms with Gasteiger partial charge >= 0.3 is 0 Å². The second kappa shape index (κ2) is 5.70. The molecule has 0 heterocycles. The van der Waals surface area contributed by atoms with Crippen LogP contribution in [-0.4, -0.2) is 47.1 Å². The minimum atomic E-state index is -1.39. The van der Waals surface area contributed by atoms with Gasteiger partial charge in [-0.2, -0.15) is 0 Å². The van der Waals surface area contributed by atoms with Crippen LogP contribution in [0.1, 0.15) is 17.3 Å². The first-order chi connectivity index (χ1) is 8.39. The molecule has 6 nitrogen and oxygen atoms in total. The Morgan fingerprint density at radius 3 is 2.67 bits per heavy atom. The Balaban J connectivity index is 2.73. The molecule has 0 aliphatic rings. The molecule has 0 radical (unpaired) electrons. The summed E-state index contributed by atoms with van der Waals surface area (Å²) in [5, 5.41) is 30.4. The van der Waals surface area contributed by atoms with Crippen LogP contribution in [0, 0.1) is 0 Å². The van der Waals surface area contributed by atoms with E-state index in [2.05, 4.69) is 5.32 Å². The second-order valence-corrected chi connectivity index (χ2v) is 4.22. The van der Waals surface area contributed by atoms with Gasteiger partial charge in [-0.25, -0.2) is 0 Å². The van der Waals surface area contributed by atoms with E-state index in [9.17, 15) is 15.0 Å². The molecular weight excluding hydrogens is 238 g/mol. The molecule has 0 bridgehead atoms. The van der Waals surface area contributed by atoms with Crippen LogP contribution in [0.4, 0.5) is 0 Å². The van der Waals surface area contributed by atoms with Crippen molar-refractivity contribution in [2.75, 3.05) is 20.3 Å². The molecule has 0 aliphatic heterocycles. The summed E-state index contributed by atoms with van der Waals surface area (Å²) in [6.45, 7) is 0.802. The Morgan fingerprint density at radius 2 is 2.17 bits per heavy atom. The second-order valence-electron chi connectivity index (χ2n) is 4.22. The van der Waals surface area contributed by atoms with E-state index < -0.39 is 18.1 Å². The lowest BCUT2D eigenvalue weighted by molar-refractivity contribution is 0.00318. The van der Waals surface area contributed by atoms with E-state index >= 15 is 0 Å². The minimum absolute atomic E-state index is 0.0736. The Labute approximate surface area is 105 Å². The minimum Gasteiger partial charge on any atom is -0.507 e. The van der Waals surface area contributed by atoms with Gasteiger partial charge in [-0.3, -0.25) is 4.79 Å². The molecule has 1 aromatic rings. The lowest BCUT2D eigenvalue weighted by Gasteiger charge is -2.20. The lowest BCUT2D eigenvalue weighted by Crippen LogP contribution is -2.43. The smallest absolute Gasteiger partial charge is 0.255 e. The van der Waals surface area contributed by atoms with E-state index in [0.29, 0.717) is 5.75 Å². The Bertz CT molecular complexity index is 430. The molecule has 100 valence electrons. The molecule has 0 aliphatic carbocycles. The summed E-state index contributed by atoms with van der Waals surface area (Å²) in [6.07, 6.45) is 0. The summed E-state index contributed by atoms with van der Waals surface area (Å²) < 4.78 is 4.90. The fourth-order valence-electron chi connectivity index (χ4n) is 1.25. The molecule has 1 atom stereocenters. The number of methoxy groups -OCH3 is 1. The first-order valence-corrected chi connectivity index (χ1v) is 5.38. The van der Waals surface area contributed by atoms with Gasteiger partial charge in [0.15, 0.2) is 0 Å². The summed E-state index contributed by atoms with van der Waals surface area (Å²) in [5.74, 6) is -0.314. The predicted octanol–water partition coefficient (Wildman–Crippen LogP) is -0.126. The molecule has 0 saturated carbocycles. The maximum Gasteiger partial charge on any atom is 0.255 e. The average molecular weight is 255 g/mol. The third-order valence-electron chi connectivity index (χ3n) is 2.42. The Kier molecular flexibility index (Phi) is 4.52. The topological polar surface area (TPSA) is 99.0 Å². The van der Waals surface area contributed by atoms with Crippen LogP contribution in [0.25, 0.3) is 0 Å². The average Bonchev–Trinajstić information content (AvgIpc) is 2.36. The van der Waals surface area contributed by atoms with Gasteiger partial charge in [0.2, 0.25) is 0 Å². The summed E-state index contributed by atoms with van der Waals surface area (Å²) in [4.78, 5) is 11.7. The van der Waals surface area contributed by atoms with E-state index in [1.54, 1.807) is 6.07 Å². The molecule has 6 heteroatoms. The summed E-state index contributed by atoms with van der Waals surface area (Å²) in [5.41, 5.74) is -1.32. The van der Waals surface area contributed by atoms with E-state index in [0.717, 1.165) is 0 Å². The van der Waals surface area contributed by atoms with Crippen LogP contribution in [-0.2, 0) is 0 Å². The van der Waals surface area contributed by atoms with Crippen LogP contribution in [0.3, 0.4) is 0 Å². The number of aromatic hydroxyl groups is 1. The summed E-state index contributed by atoms with van der Waals surface area (Å²) in [6, 6.07) is 4.27. The number of phenols is 1. The van der Waals surface area contributed by atoms with Gasteiger partial charge in [0.1, 0.15) is 17.1 Å². The fourth-order valence-corrected chi connectivity index (χ4v) is 1.25. The van der Waals surface area contributed by atoms with E-state index in [4.69, 9.17) is 9.84 Å². The summed E-state index contributed by atoms with van der Waals surface area (Å²) >= 11 is 0. The van der Waals surface area contributed by atoms with Crippen molar-refractivity contribution in [1.82, 2.24) is 5.32 Å². The van der Waals surface area contributed by atoms with Crippen LogP contribution in [0.5, 0.6) is 11.5 Å². The van der Waals surface area contributed by atoms with Crippen molar-refractivity contribution < 1.29 is 24.9 Å². The lowest BCUT2D eigenvalue weighted by atomic mass is 10.1. The van der Waals surface area contributed by atoms with Crippen molar-refractivity contribution >= 4 is 5.91 Å². The van der Waals surface area contributed by atoms with Crippen molar-refractivity contribution in [3.05, 3.63) is 23.8 Å². The highest BCUT2D eigenvalue weighted by Crippen LogP contribution is 2.23. The number of rotatable bonds is 5. The van der Waals surface area contributed by atoms with Gasteiger partial charge in [-0.1, -0.05) is 0 Å². The Hall–Kier alpha value is -1.79.